The number of rotatable bonds is 14. The van der Waals surface area contributed by atoms with Crippen molar-refractivity contribution in [2.45, 2.75) is 83.8 Å². The third-order valence-corrected chi connectivity index (χ3v) is 12.9. The molecule has 2 aromatic rings. The predicted molar refractivity (Wildman–Crippen MR) is 165 cm³/mol. The Kier molecular flexibility index (Phi) is 11.6. The Morgan fingerprint density at radius 2 is 1.46 bits per heavy atom. The van der Waals surface area contributed by atoms with E-state index in [1.54, 1.807) is 6.07 Å². The van der Waals surface area contributed by atoms with E-state index in [-0.39, 0.29) is 40.6 Å². The van der Waals surface area contributed by atoms with Crippen LogP contribution in [0.4, 0.5) is 16.2 Å². The summed E-state index contributed by atoms with van der Waals surface area (Å²) in [4.78, 5) is 60.9. The molecule has 0 saturated carbocycles. The molecule has 1 amide bonds. The molecule has 1 aliphatic rings. The van der Waals surface area contributed by atoms with Crippen molar-refractivity contribution >= 4 is 37.7 Å². The van der Waals surface area contributed by atoms with Crippen LogP contribution in [0, 0.1) is 26.1 Å². The topological polar surface area (TPSA) is 198 Å². The maximum absolute atomic E-state index is 13.3. The van der Waals surface area contributed by atoms with Crippen molar-refractivity contribution in [3.63, 3.8) is 0 Å². The SMILES string of the molecule is C[C@H](OC(=O)OCc1ccccc1[N+](=O)[O-])[C@H]1C(=O)N(C(O)C(=O)OCc2ccccc2[N+](=O)[O-])[C@@H]1CCO[Si](C)(C)C(C)(C)C. The zero-order chi connectivity index (χ0) is 34.4. The summed E-state index contributed by atoms with van der Waals surface area (Å²) in [6, 6.07) is 10.5. The Morgan fingerprint density at radius 1 is 0.957 bits per heavy atom. The van der Waals surface area contributed by atoms with Crippen molar-refractivity contribution in [2.75, 3.05) is 6.61 Å². The second-order valence-electron chi connectivity index (χ2n) is 12.4. The molecule has 1 aliphatic heterocycles. The van der Waals surface area contributed by atoms with Crippen molar-refractivity contribution in [3.8, 4) is 0 Å². The molecule has 46 heavy (non-hydrogen) atoms. The number of nitro groups is 2. The summed E-state index contributed by atoms with van der Waals surface area (Å²) in [5, 5.41) is 33.3. The Balaban J connectivity index is 1.71. The second kappa shape index (κ2) is 14.8. The number of amides is 1. The van der Waals surface area contributed by atoms with Crippen LogP contribution in [0.1, 0.15) is 45.2 Å². The summed E-state index contributed by atoms with van der Waals surface area (Å²) in [7, 11) is -2.21. The normalized spacial score (nSPS) is 17.8. The summed E-state index contributed by atoms with van der Waals surface area (Å²) < 4.78 is 21.8. The van der Waals surface area contributed by atoms with Crippen LogP contribution in [0.5, 0.6) is 0 Å². The van der Waals surface area contributed by atoms with E-state index in [2.05, 4.69) is 20.8 Å². The first-order valence-corrected chi connectivity index (χ1v) is 17.5. The minimum Gasteiger partial charge on any atom is -0.457 e. The number of likely N-dealkylation sites (tertiary alicyclic amines) is 1. The number of hydrogen-bond donors (Lipinski definition) is 1. The van der Waals surface area contributed by atoms with Crippen LogP contribution in [0.2, 0.25) is 18.1 Å². The molecule has 2 aromatic carbocycles. The number of aliphatic hydroxyl groups excluding tert-OH is 1. The van der Waals surface area contributed by atoms with Gasteiger partial charge >= 0.3 is 12.1 Å². The van der Waals surface area contributed by atoms with E-state index in [0.29, 0.717) is 0 Å². The molecule has 0 radical (unpaired) electrons. The minimum absolute atomic E-state index is 0.0987. The fourth-order valence-corrected chi connectivity index (χ4v) is 5.79. The highest BCUT2D eigenvalue weighted by molar-refractivity contribution is 6.74. The van der Waals surface area contributed by atoms with Gasteiger partial charge in [-0.25, -0.2) is 9.59 Å². The molecule has 3 rings (SSSR count). The first-order chi connectivity index (χ1) is 21.5. The third-order valence-electron chi connectivity index (χ3n) is 8.35. The average Bonchev–Trinajstić information content (AvgIpc) is 2.97. The van der Waals surface area contributed by atoms with E-state index in [9.17, 15) is 39.7 Å². The molecule has 0 spiro atoms. The number of ether oxygens (including phenoxy) is 3. The van der Waals surface area contributed by atoms with E-state index < -0.39 is 73.7 Å². The van der Waals surface area contributed by atoms with E-state index in [4.69, 9.17) is 18.6 Å². The number of nitro benzene ring substituents is 2. The van der Waals surface area contributed by atoms with E-state index in [1.807, 2.05) is 13.1 Å². The fraction of sp³-hybridized carbons (Fsp3) is 0.500. The van der Waals surface area contributed by atoms with Crippen molar-refractivity contribution < 1.29 is 48.0 Å². The van der Waals surface area contributed by atoms with Crippen LogP contribution in [0.25, 0.3) is 0 Å². The lowest BCUT2D eigenvalue weighted by atomic mass is 9.81. The second-order valence-corrected chi connectivity index (χ2v) is 17.2. The molecule has 1 N–H and O–H groups in total. The number of carbonyl (C=O) groups excluding carboxylic acids is 3. The van der Waals surface area contributed by atoms with Gasteiger partial charge < -0.3 is 28.6 Å². The third kappa shape index (κ3) is 8.44. The number of benzene rings is 2. The van der Waals surface area contributed by atoms with Gasteiger partial charge in [0.15, 0.2) is 8.32 Å². The number of carbonyl (C=O) groups is 3. The number of para-hydroxylation sites is 2. The lowest BCUT2D eigenvalue weighted by Gasteiger charge is -2.50. The first kappa shape index (κ1) is 36.1. The molecule has 250 valence electrons. The zero-order valence-corrected chi connectivity index (χ0v) is 27.5. The van der Waals surface area contributed by atoms with Gasteiger partial charge in [-0.05, 0) is 43.6 Å². The highest BCUT2D eigenvalue weighted by atomic mass is 28.4. The number of hydrogen-bond acceptors (Lipinski definition) is 12. The molecule has 0 aromatic heterocycles. The molecule has 1 heterocycles. The minimum atomic E-state index is -2.21. The first-order valence-electron chi connectivity index (χ1n) is 14.5. The predicted octanol–water partition coefficient (Wildman–Crippen LogP) is 4.85. The van der Waals surface area contributed by atoms with Gasteiger partial charge in [-0.3, -0.25) is 25.0 Å². The van der Waals surface area contributed by atoms with Gasteiger partial charge in [0.1, 0.15) is 19.3 Å². The van der Waals surface area contributed by atoms with Gasteiger partial charge in [0.25, 0.3) is 11.4 Å². The summed E-state index contributed by atoms with van der Waals surface area (Å²) in [5.41, 5.74) is -0.268. The molecule has 16 heteroatoms. The summed E-state index contributed by atoms with van der Waals surface area (Å²) in [6.45, 7) is 10.9. The molecule has 1 unspecified atom stereocenters. The Labute approximate surface area is 266 Å². The van der Waals surface area contributed by atoms with Crippen molar-refractivity contribution in [2.24, 2.45) is 5.92 Å². The molecule has 1 fully saturated rings. The van der Waals surface area contributed by atoms with E-state index in [0.717, 1.165) is 4.90 Å². The van der Waals surface area contributed by atoms with Gasteiger partial charge in [0.2, 0.25) is 12.1 Å². The van der Waals surface area contributed by atoms with Crippen molar-refractivity contribution in [1.29, 1.82) is 0 Å². The van der Waals surface area contributed by atoms with Crippen molar-refractivity contribution in [1.82, 2.24) is 4.90 Å². The fourth-order valence-electron chi connectivity index (χ4n) is 4.73. The van der Waals surface area contributed by atoms with Gasteiger partial charge in [0, 0.05) is 18.7 Å². The smallest absolute Gasteiger partial charge is 0.457 e. The molecular formula is C30H39N3O12Si. The number of β-lactam (4-membered cyclic amide) rings is 1. The highest BCUT2D eigenvalue weighted by Gasteiger charge is 2.55. The largest absolute Gasteiger partial charge is 0.508 e. The standard InChI is InChI=1S/C30H39N3O12Si/c1-19(45-29(37)43-18-21-12-8-10-14-23(21)33(40)41)25-24(15-16-44-46(5,6)30(2,3)4)31(26(25)34)27(35)28(36)42-17-20-11-7-9-13-22(20)32(38)39/h7-14,19,24-25,27,35H,15-18H2,1-6H3/t19-,24+,25+,27?/m0/s1. The van der Waals surface area contributed by atoms with E-state index in [1.165, 1.54) is 49.4 Å². The van der Waals surface area contributed by atoms with Gasteiger partial charge in [-0.15, -0.1) is 0 Å². The average molecular weight is 662 g/mol. The lowest BCUT2D eigenvalue weighted by molar-refractivity contribution is -0.386. The Hall–Kier alpha value is -4.41. The number of aliphatic hydroxyl groups is 1. The lowest BCUT2D eigenvalue weighted by Crippen LogP contribution is -2.69. The molecular weight excluding hydrogens is 622 g/mol. The zero-order valence-electron chi connectivity index (χ0n) is 26.5. The Bertz CT molecular complexity index is 1460. The molecule has 0 bridgehead atoms. The van der Waals surface area contributed by atoms with Crippen molar-refractivity contribution in [3.05, 3.63) is 79.9 Å². The van der Waals surface area contributed by atoms with Crippen LogP contribution >= 0.6 is 0 Å². The van der Waals surface area contributed by atoms with Crippen LogP contribution in [-0.4, -0.2) is 71.2 Å². The monoisotopic (exact) mass is 661 g/mol. The van der Waals surface area contributed by atoms with Crippen LogP contribution < -0.4 is 0 Å². The van der Waals surface area contributed by atoms with E-state index >= 15 is 0 Å². The molecule has 15 nitrogen and oxygen atoms in total. The van der Waals surface area contributed by atoms with Crippen LogP contribution in [0.15, 0.2) is 48.5 Å². The Morgan fingerprint density at radius 3 is 1.96 bits per heavy atom. The van der Waals surface area contributed by atoms with Gasteiger partial charge in [-0.2, -0.15) is 0 Å². The van der Waals surface area contributed by atoms with Crippen LogP contribution in [0.3, 0.4) is 0 Å². The quantitative estimate of drug-likeness (QED) is 0.0951. The van der Waals surface area contributed by atoms with Crippen LogP contribution in [-0.2, 0) is 41.4 Å². The molecule has 4 atom stereocenters. The van der Waals surface area contributed by atoms with Gasteiger partial charge in [0.05, 0.1) is 32.9 Å². The summed E-state index contributed by atoms with van der Waals surface area (Å²) in [6.07, 6.45) is -4.11. The highest BCUT2D eigenvalue weighted by Crippen LogP contribution is 2.39. The molecule has 1 saturated heterocycles. The number of nitrogens with zero attached hydrogens (tertiary/aromatic N) is 3. The summed E-state index contributed by atoms with van der Waals surface area (Å²) >= 11 is 0. The molecule has 0 aliphatic carbocycles. The maximum atomic E-state index is 13.3. The summed E-state index contributed by atoms with van der Waals surface area (Å²) in [5.74, 6) is -2.89. The maximum Gasteiger partial charge on any atom is 0.508 e. The van der Waals surface area contributed by atoms with Gasteiger partial charge in [-0.1, -0.05) is 45.0 Å². The number of esters is 1.